The summed E-state index contributed by atoms with van der Waals surface area (Å²) in [6.07, 6.45) is 4.20. The Kier molecular flexibility index (Phi) is 5.66. The number of alkyl halides is 2. The zero-order chi connectivity index (χ0) is 27.4. The minimum Gasteiger partial charge on any atom is -0.444 e. The maximum Gasteiger partial charge on any atom is 0.410 e. The average Bonchev–Trinajstić information content (AvgIpc) is 3.58. The second-order valence-electron chi connectivity index (χ2n) is 10.3. The lowest BCUT2D eigenvalue weighted by Crippen LogP contribution is -2.38. The lowest BCUT2D eigenvalue weighted by molar-refractivity contribution is -0.00640. The van der Waals surface area contributed by atoms with Gasteiger partial charge in [-0.3, -0.25) is 4.90 Å². The number of hydrogen-bond donors (Lipinski definition) is 1. The number of carbonyl (C=O) groups excluding carboxylic acids is 1. The van der Waals surface area contributed by atoms with E-state index in [1.165, 1.54) is 4.63 Å². The predicted octanol–water partition coefficient (Wildman–Crippen LogP) is 4.17. The number of pyridine rings is 1. The second kappa shape index (κ2) is 8.96. The molecule has 0 aromatic carbocycles. The van der Waals surface area contributed by atoms with Gasteiger partial charge in [0.2, 0.25) is 0 Å². The lowest BCUT2D eigenvalue weighted by Gasteiger charge is -2.24. The topological polar surface area (TPSA) is 115 Å². The predicted molar refractivity (Wildman–Crippen MR) is 138 cm³/mol. The van der Waals surface area contributed by atoms with Crippen molar-refractivity contribution >= 4 is 23.1 Å². The molecule has 1 aliphatic heterocycles. The molecule has 0 bridgehead atoms. The summed E-state index contributed by atoms with van der Waals surface area (Å²) < 4.78 is 38.1. The largest absolute Gasteiger partial charge is 0.444 e. The van der Waals surface area contributed by atoms with Crippen molar-refractivity contribution in [3.8, 4) is 22.6 Å². The number of ether oxygens (including phenoxy) is 1. The van der Waals surface area contributed by atoms with E-state index in [1.54, 1.807) is 62.1 Å². The molecule has 1 unspecified atom stereocenters. The van der Waals surface area contributed by atoms with Crippen molar-refractivity contribution in [1.29, 1.82) is 0 Å². The van der Waals surface area contributed by atoms with Crippen LogP contribution in [0.4, 0.5) is 19.4 Å². The van der Waals surface area contributed by atoms with E-state index in [9.17, 15) is 13.6 Å². The van der Waals surface area contributed by atoms with Crippen LogP contribution in [-0.2, 0) is 4.74 Å². The van der Waals surface area contributed by atoms with E-state index in [-0.39, 0.29) is 12.4 Å². The van der Waals surface area contributed by atoms with Crippen molar-refractivity contribution in [2.45, 2.75) is 38.3 Å². The molecule has 13 heteroatoms. The highest BCUT2D eigenvalue weighted by atomic mass is 19.3. The number of aromatic nitrogens is 7. The molecule has 200 valence electrons. The monoisotopic (exact) mass is 533 g/mol. The van der Waals surface area contributed by atoms with Crippen LogP contribution in [0.1, 0.15) is 20.8 Å². The van der Waals surface area contributed by atoms with Gasteiger partial charge in [0.1, 0.15) is 23.2 Å². The molecule has 11 nitrogen and oxygen atoms in total. The summed E-state index contributed by atoms with van der Waals surface area (Å²) in [5.74, 6) is -2.93. The first-order valence-electron chi connectivity index (χ1n) is 12.3. The van der Waals surface area contributed by atoms with Gasteiger partial charge >= 0.3 is 6.09 Å². The second-order valence-corrected chi connectivity index (χ2v) is 10.3. The molecular formula is C26H25F2N9O2. The van der Waals surface area contributed by atoms with Crippen LogP contribution in [0.2, 0.25) is 0 Å². The number of nitrogens with zero attached hydrogens (tertiary/aromatic N) is 8. The molecule has 5 aromatic rings. The Bertz CT molecular complexity index is 1690. The highest BCUT2D eigenvalue weighted by Gasteiger charge is 2.50. The fourth-order valence-corrected chi connectivity index (χ4v) is 4.46. The number of amides is 1. The number of rotatable bonds is 4. The summed E-state index contributed by atoms with van der Waals surface area (Å²) in [5, 5.41) is 16.0. The molecule has 1 N–H and O–H groups in total. The fourth-order valence-electron chi connectivity index (χ4n) is 4.46. The third-order valence-electron chi connectivity index (χ3n) is 6.24. The van der Waals surface area contributed by atoms with E-state index in [1.807, 2.05) is 24.3 Å². The van der Waals surface area contributed by atoms with Gasteiger partial charge in [0.05, 0.1) is 42.4 Å². The molecule has 6 heterocycles. The van der Waals surface area contributed by atoms with Crippen molar-refractivity contribution in [2.24, 2.45) is 0 Å². The normalized spacial score (nSPS) is 17.2. The number of nitrogens with one attached hydrogen (secondary N) is 1. The number of halogens is 2. The zero-order valence-electron chi connectivity index (χ0n) is 21.4. The summed E-state index contributed by atoms with van der Waals surface area (Å²) in [7, 11) is 0. The first-order chi connectivity index (χ1) is 18.6. The van der Waals surface area contributed by atoms with Gasteiger partial charge in [0, 0.05) is 11.8 Å². The van der Waals surface area contributed by atoms with Crippen molar-refractivity contribution in [1.82, 2.24) is 39.3 Å². The first-order valence-corrected chi connectivity index (χ1v) is 12.3. The summed E-state index contributed by atoms with van der Waals surface area (Å²) in [4.78, 5) is 22.4. The highest BCUT2D eigenvalue weighted by molar-refractivity contribution is 5.77. The van der Waals surface area contributed by atoms with Gasteiger partial charge in [-0.15, -0.1) is 0 Å². The molecule has 1 aliphatic rings. The van der Waals surface area contributed by atoms with Crippen LogP contribution in [0, 0.1) is 0 Å². The smallest absolute Gasteiger partial charge is 0.410 e. The van der Waals surface area contributed by atoms with Gasteiger partial charge < -0.3 is 10.1 Å². The Labute approximate surface area is 221 Å². The number of hydrogen-bond acceptors (Lipinski definition) is 8. The maximum absolute atomic E-state index is 14.8. The van der Waals surface area contributed by atoms with Gasteiger partial charge in [-0.25, -0.2) is 28.1 Å². The molecule has 0 spiro atoms. The number of carbonyl (C=O) groups is 1. The molecule has 0 saturated carbocycles. The van der Waals surface area contributed by atoms with E-state index in [0.29, 0.717) is 22.7 Å². The van der Waals surface area contributed by atoms with Crippen LogP contribution in [-0.4, -0.2) is 76.1 Å². The molecule has 1 amide bonds. The number of imidazole rings is 1. The van der Waals surface area contributed by atoms with Crippen molar-refractivity contribution in [3.05, 3.63) is 61.1 Å². The third kappa shape index (κ3) is 4.71. The molecule has 1 fully saturated rings. The average molecular weight is 534 g/mol. The SMILES string of the molecule is CC(C)(C)OC(=O)N1CC(Nc2cccc(-c3cnc4ccc(-c5cnn6ncccc56)nn34)n2)C(F)(F)C1. The zero-order valence-corrected chi connectivity index (χ0v) is 21.4. The molecule has 0 radical (unpaired) electrons. The molecule has 1 saturated heterocycles. The van der Waals surface area contributed by atoms with Crippen LogP contribution in [0.15, 0.2) is 61.1 Å². The van der Waals surface area contributed by atoms with Gasteiger partial charge in [0.25, 0.3) is 5.92 Å². The minimum absolute atomic E-state index is 0.219. The molecule has 0 aliphatic carbocycles. The van der Waals surface area contributed by atoms with Crippen molar-refractivity contribution < 1.29 is 18.3 Å². The third-order valence-corrected chi connectivity index (χ3v) is 6.24. The van der Waals surface area contributed by atoms with Crippen LogP contribution >= 0.6 is 0 Å². The Morgan fingerprint density at radius 3 is 2.74 bits per heavy atom. The quantitative estimate of drug-likeness (QED) is 0.366. The number of fused-ring (bicyclic) bond motifs is 2. The maximum atomic E-state index is 14.8. The highest BCUT2D eigenvalue weighted by Crippen LogP contribution is 2.32. The summed E-state index contributed by atoms with van der Waals surface area (Å²) >= 11 is 0. The van der Waals surface area contributed by atoms with Crippen LogP contribution in [0.25, 0.3) is 33.8 Å². The number of likely N-dealkylation sites (tertiary alicyclic amines) is 1. The summed E-state index contributed by atoms with van der Waals surface area (Å²) in [6.45, 7) is 4.12. The standard InChI is InChI=1S/C26H25F2N9O2/c1-25(2,3)39-24(38)35-14-21(26(27,28)15-35)33-22-8-4-6-18(32-22)20-13-29-23-10-9-17(34-36(20)23)16-12-31-37-19(16)7-5-11-30-37/h4-13,21H,14-15H2,1-3H3,(H,32,33). The lowest BCUT2D eigenvalue weighted by atomic mass is 10.2. The van der Waals surface area contributed by atoms with Crippen LogP contribution in [0.5, 0.6) is 0 Å². The van der Waals surface area contributed by atoms with Gasteiger partial charge in [0.15, 0.2) is 5.65 Å². The fraction of sp³-hybridized carbons (Fsp3) is 0.308. The Morgan fingerprint density at radius 1 is 1.08 bits per heavy atom. The van der Waals surface area contributed by atoms with E-state index < -0.39 is 30.2 Å². The van der Waals surface area contributed by atoms with Crippen LogP contribution < -0.4 is 5.32 Å². The molecular weight excluding hydrogens is 508 g/mol. The van der Waals surface area contributed by atoms with E-state index in [2.05, 4.69) is 25.5 Å². The minimum atomic E-state index is -3.17. The Hall–Kier alpha value is -4.68. The molecule has 39 heavy (non-hydrogen) atoms. The van der Waals surface area contributed by atoms with Crippen LogP contribution in [0.3, 0.4) is 0 Å². The van der Waals surface area contributed by atoms with Gasteiger partial charge in [-0.1, -0.05) is 6.07 Å². The Balaban J connectivity index is 1.27. The summed E-state index contributed by atoms with van der Waals surface area (Å²) in [6, 6.07) is 11.1. The summed E-state index contributed by atoms with van der Waals surface area (Å²) in [5.41, 5.74) is 3.14. The number of anilines is 1. The van der Waals surface area contributed by atoms with E-state index in [0.717, 1.165) is 16.0 Å². The molecule has 1 atom stereocenters. The van der Waals surface area contributed by atoms with Crippen molar-refractivity contribution in [3.63, 3.8) is 0 Å². The Morgan fingerprint density at radius 2 is 1.92 bits per heavy atom. The van der Waals surface area contributed by atoms with Gasteiger partial charge in [-0.2, -0.15) is 19.9 Å². The molecule has 5 aromatic heterocycles. The molecule has 6 rings (SSSR count). The first kappa shape index (κ1) is 24.6. The van der Waals surface area contributed by atoms with Crippen molar-refractivity contribution in [2.75, 3.05) is 18.4 Å². The van der Waals surface area contributed by atoms with E-state index >= 15 is 0 Å². The van der Waals surface area contributed by atoms with E-state index in [4.69, 9.17) is 9.84 Å². The van der Waals surface area contributed by atoms with Gasteiger partial charge in [-0.05, 0) is 57.2 Å².